The number of hydrogen-bond donors (Lipinski definition) is 4. The van der Waals surface area contributed by atoms with Gasteiger partial charge < -0.3 is 25.8 Å². The summed E-state index contributed by atoms with van der Waals surface area (Å²) in [6, 6.07) is 15.1. The van der Waals surface area contributed by atoms with Crippen LogP contribution in [0.25, 0.3) is 0 Å². The molecule has 0 heterocycles. The quantitative estimate of drug-likeness (QED) is 0.297. The predicted molar refractivity (Wildman–Crippen MR) is 144 cm³/mol. The molecule has 0 unspecified atom stereocenters. The molecule has 0 aromatic heterocycles. The van der Waals surface area contributed by atoms with Crippen LogP contribution in [0, 0.1) is 11.8 Å². The Morgan fingerprint density at radius 3 is 1.61 bits per heavy atom. The van der Waals surface area contributed by atoms with E-state index in [9.17, 15) is 24.3 Å². The van der Waals surface area contributed by atoms with Crippen molar-refractivity contribution in [3.63, 3.8) is 0 Å². The van der Waals surface area contributed by atoms with Gasteiger partial charge in [0.05, 0.1) is 0 Å². The molecule has 3 atom stereocenters. The lowest BCUT2D eigenvalue weighted by molar-refractivity contribution is -0.142. The van der Waals surface area contributed by atoms with Crippen LogP contribution in [-0.4, -0.2) is 47.1 Å². The highest BCUT2D eigenvalue weighted by Gasteiger charge is 2.30. The van der Waals surface area contributed by atoms with Gasteiger partial charge in [-0.3, -0.25) is 9.59 Å². The Bertz CT molecular complexity index is 1040. The predicted octanol–water partition coefficient (Wildman–Crippen LogP) is 3.67. The minimum Gasteiger partial charge on any atom is -0.480 e. The van der Waals surface area contributed by atoms with Gasteiger partial charge in [0.25, 0.3) is 0 Å². The summed E-state index contributed by atoms with van der Waals surface area (Å²) in [5.41, 5.74) is 1.57. The molecule has 0 aliphatic heterocycles. The molecule has 0 aliphatic rings. The van der Waals surface area contributed by atoms with Gasteiger partial charge in [-0.1, -0.05) is 88.4 Å². The van der Waals surface area contributed by atoms with Crippen LogP contribution in [0.5, 0.6) is 0 Å². The van der Waals surface area contributed by atoms with Crippen LogP contribution in [0.1, 0.15) is 51.7 Å². The zero-order chi connectivity index (χ0) is 28.1. The third-order valence-corrected chi connectivity index (χ3v) is 5.77. The van der Waals surface area contributed by atoms with Gasteiger partial charge in [0, 0.05) is 6.42 Å². The number of carboxylic acids is 1. The lowest BCUT2D eigenvalue weighted by atomic mass is 9.99. The van der Waals surface area contributed by atoms with Crippen LogP contribution in [-0.2, 0) is 32.1 Å². The van der Waals surface area contributed by atoms with E-state index < -0.39 is 42.0 Å². The van der Waals surface area contributed by atoms with Crippen molar-refractivity contribution in [3.8, 4) is 0 Å². The number of nitrogens with one attached hydrogen (secondary N) is 3. The number of amides is 3. The van der Waals surface area contributed by atoms with Crippen molar-refractivity contribution in [1.29, 1.82) is 0 Å². The highest BCUT2D eigenvalue weighted by molar-refractivity contribution is 5.93. The maximum atomic E-state index is 13.2. The minimum atomic E-state index is -1.17. The number of benzene rings is 2. The number of hydrogen-bond acceptors (Lipinski definition) is 5. The first kappa shape index (κ1) is 30.3. The Labute approximate surface area is 224 Å². The fourth-order valence-electron chi connectivity index (χ4n) is 3.91. The molecule has 2 aromatic rings. The maximum Gasteiger partial charge on any atom is 0.408 e. The van der Waals surface area contributed by atoms with Crippen molar-refractivity contribution in [3.05, 3.63) is 71.8 Å². The Morgan fingerprint density at radius 1 is 0.684 bits per heavy atom. The molecular weight excluding hydrogens is 486 g/mol. The molecule has 9 heteroatoms. The second kappa shape index (κ2) is 15.4. The largest absolute Gasteiger partial charge is 0.480 e. The minimum absolute atomic E-state index is 0.0378. The molecule has 0 saturated carbocycles. The number of rotatable bonds is 14. The average Bonchev–Trinajstić information content (AvgIpc) is 2.86. The third-order valence-electron chi connectivity index (χ3n) is 5.77. The van der Waals surface area contributed by atoms with Crippen LogP contribution in [0.4, 0.5) is 4.79 Å². The molecule has 2 aromatic carbocycles. The van der Waals surface area contributed by atoms with Gasteiger partial charge in [-0.2, -0.15) is 0 Å². The summed E-state index contributed by atoms with van der Waals surface area (Å²) in [7, 11) is 0. The maximum absolute atomic E-state index is 13.2. The third kappa shape index (κ3) is 11.0. The van der Waals surface area contributed by atoms with Crippen molar-refractivity contribution in [2.45, 2.75) is 71.7 Å². The molecule has 2 rings (SSSR count). The lowest BCUT2D eigenvalue weighted by Crippen LogP contribution is -2.56. The molecule has 3 amide bonds. The fraction of sp³-hybridized carbons (Fsp3) is 0.448. The van der Waals surface area contributed by atoms with E-state index in [-0.39, 0.29) is 24.9 Å². The molecule has 0 fully saturated rings. The summed E-state index contributed by atoms with van der Waals surface area (Å²) < 4.78 is 5.27. The van der Waals surface area contributed by atoms with Gasteiger partial charge in [-0.15, -0.1) is 0 Å². The zero-order valence-corrected chi connectivity index (χ0v) is 22.5. The number of carbonyl (C=O) groups excluding carboxylic acids is 3. The number of carbonyl (C=O) groups is 4. The van der Waals surface area contributed by atoms with Gasteiger partial charge in [0.2, 0.25) is 11.8 Å². The van der Waals surface area contributed by atoms with E-state index in [0.29, 0.717) is 12.8 Å². The summed E-state index contributed by atoms with van der Waals surface area (Å²) >= 11 is 0. The van der Waals surface area contributed by atoms with Crippen LogP contribution < -0.4 is 16.0 Å². The van der Waals surface area contributed by atoms with E-state index in [0.717, 1.165) is 11.1 Å². The van der Waals surface area contributed by atoms with Crippen molar-refractivity contribution < 1.29 is 29.0 Å². The number of alkyl carbamates (subject to hydrolysis) is 1. The normalized spacial score (nSPS) is 13.3. The average molecular weight is 526 g/mol. The van der Waals surface area contributed by atoms with Crippen molar-refractivity contribution in [2.75, 3.05) is 0 Å². The van der Waals surface area contributed by atoms with Crippen molar-refractivity contribution in [2.24, 2.45) is 11.8 Å². The molecule has 38 heavy (non-hydrogen) atoms. The van der Waals surface area contributed by atoms with E-state index >= 15 is 0 Å². The summed E-state index contributed by atoms with van der Waals surface area (Å²) in [6.45, 7) is 7.68. The second-order valence-electron chi connectivity index (χ2n) is 10.2. The molecule has 0 spiro atoms. The molecule has 0 radical (unpaired) electrons. The molecule has 9 nitrogen and oxygen atoms in total. The Morgan fingerprint density at radius 2 is 1.13 bits per heavy atom. The SMILES string of the molecule is CC(C)C[C@H](NC(=O)OCc1ccccc1)C(=O)N[C@@H](CC(C)C)C(=O)N[C@@H](Cc1ccccc1)C(=O)O. The van der Waals surface area contributed by atoms with Crippen molar-refractivity contribution >= 4 is 23.9 Å². The zero-order valence-electron chi connectivity index (χ0n) is 22.5. The van der Waals surface area contributed by atoms with E-state index in [4.69, 9.17) is 4.74 Å². The highest BCUT2D eigenvalue weighted by atomic mass is 16.5. The van der Waals surface area contributed by atoms with Crippen LogP contribution in [0.15, 0.2) is 60.7 Å². The van der Waals surface area contributed by atoms with Gasteiger partial charge in [0.1, 0.15) is 24.7 Å². The first-order valence-corrected chi connectivity index (χ1v) is 12.9. The van der Waals surface area contributed by atoms with Crippen LogP contribution in [0.3, 0.4) is 0 Å². The Balaban J connectivity index is 2.07. The van der Waals surface area contributed by atoms with Gasteiger partial charge in [-0.25, -0.2) is 9.59 Å². The van der Waals surface area contributed by atoms with E-state index in [2.05, 4.69) is 16.0 Å². The molecule has 0 bridgehead atoms. The van der Waals surface area contributed by atoms with E-state index in [1.807, 2.05) is 64.1 Å². The number of aliphatic carboxylic acids is 1. The standard InChI is InChI=1S/C29H39N3O6/c1-19(2)15-23(26(33)31-25(28(35)36)17-21-11-7-5-8-12-21)30-27(34)24(16-20(3)4)32-29(37)38-18-22-13-9-6-10-14-22/h5-14,19-20,23-25H,15-18H2,1-4H3,(H,30,34)(H,31,33)(H,32,37)(H,35,36)/t23-,24-,25-/m0/s1. The summed E-state index contributed by atoms with van der Waals surface area (Å²) in [4.78, 5) is 50.7. The molecule has 206 valence electrons. The summed E-state index contributed by atoms with van der Waals surface area (Å²) in [6.07, 6.45) is -0.0149. The van der Waals surface area contributed by atoms with Gasteiger partial charge in [-0.05, 0) is 35.8 Å². The van der Waals surface area contributed by atoms with Gasteiger partial charge in [0.15, 0.2) is 0 Å². The Hall–Kier alpha value is -3.88. The summed E-state index contributed by atoms with van der Waals surface area (Å²) in [5, 5.41) is 17.6. The molecule has 4 N–H and O–H groups in total. The topological polar surface area (TPSA) is 134 Å². The smallest absolute Gasteiger partial charge is 0.408 e. The monoisotopic (exact) mass is 525 g/mol. The second-order valence-corrected chi connectivity index (χ2v) is 10.2. The number of ether oxygens (including phenoxy) is 1. The first-order valence-electron chi connectivity index (χ1n) is 12.9. The van der Waals surface area contributed by atoms with E-state index in [1.165, 1.54) is 0 Å². The van der Waals surface area contributed by atoms with Crippen LogP contribution in [0.2, 0.25) is 0 Å². The van der Waals surface area contributed by atoms with Crippen LogP contribution >= 0.6 is 0 Å². The number of carboxylic acid groups (broad SMARTS) is 1. The molecule has 0 saturated heterocycles. The van der Waals surface area contributed by atoms with Gasteiger partial charge >= 0.3 is 12.1 Å². The lowest BCUT2D eigenvalue weighted by Gasteiger charge is -2.26. The fourth-order valence-corrected chi connectivity index (χ4v) is 3.91. The van der Waals surface area contributed by atoms with Crippen molar-refractivity contribution in [1.82, 2.24) is 16.0 Å². The first-order chi connectivity index (χ1) is 18.0. The highest BCUT2D eigenvalue weighted by Crippen LogP contribution is 2.11. The molecular formula is C29H39N3O6. The Kier molecular flexibility index (Phi) is 12.3. The van der Waals surface area contributed by atoms with E-state index in [1.54, 1.807) is 24.3 Å². The molecule has 0 aliphatic carbocycles. The summed E-state index contributed by atoms with van der Waals surface area (Å²) in [5.74, 6) is -2.19.